The lowest BCUT2D eigenvalue weighted by atomic mass is 10.2. The molecule has 0 bridgehead atoms. The zero-order chi connectivity index (χ0) is 15.5. The van der Waals surface area contributed by atoms with E-state index in [4.69, 9.17) is 4.74 Å². The molecule has 0 amide bonds. The van der Waals surface area contributed by atoms with Crippen LogP contribution in [-0.2, 0) is 14.8 Å². The number of carbonyl (C=O) groups is 1. The summed E-state index contributed by atoms with van der Waals surface area (Å²) in [6.45, 7) is 3.16. The topological polar surface area (TPSA) is 72.9 Å². The van der Waals surface area contributed by atoms with Crippen LogP contribution in [0, 0.1) is 0 Å². The van der Waals surface area contributed by atoms with E-state index >= 15 is 0 Å². The fraction of sp³-hybridized carbons (Fsp3) is 0.500. The molecule has 0 saturated carbocycles. The van der Waals surface area contributed by atoms with Crippen molar-refractivity contribution in [2.75, 3.05) is 26.8 Å². The second kappa shape index (κ2) is 6.44. The number of rotatable bonds is 5. The summed E-state index contributed by atoms with van der Waals surface area (Å²) >= 11 is 0. The standard InChI is InChI=1S/C14H19NO5S/c1-3-20-13-10-11(6-7-12(13)14(16)19-2)21(17,18)15-8-4-5-9-15/h6-7,10H,3-5,8-9H2,1-2H3. The SMILES string of the molecule is CCOc1cc(S(=O)(=O)N2CCCC2)ccc1C(=O)OC. The summed E-state index contributed by atoms with van der Waals surface area (Å²) in [7, 11) is -2.26. The maximum absolute atomic E-state index is 12.5. The summed E-state index contributed by atoms with van der Waals surface area (Å²) in [5, 5.41) is 0. The molecular weight excluding hydrogens is 294 g/mol. The van der Waals surface area contributed by atoms with E-state index in [2.05, 4.69) is 4.74 Å². The summed E-state index contributed by atoms with van der Waals surface area (Å²) in [4.78, 5) is 11.8. The average molecular weight is 313 g/mol. The molecule has 6 nitrogen and oxygen atoms in total. The molecule has 1 aliphatic heterocycles. The van der Waals surface area contributed by atoms with Crippen molar-refractivity contribution in [3.8, 4) is 5.75 Å². The second-order valence-electron chi connectivity index (χ2n) is 4.69. The van der Waals surface area contributed by atoms with Gasteiger partial charge < -0.3 is 9.47 Å². The first-order valence-corrected chi connectivity index (χ1v) is 8.30. The van der Waals surface area contributed by atoms with E-state index in [9.17, 15) is 13.2 Å². The molecule has 1 aromatic carbocycles. The summed E-state index contributed by atoms with van der Waals surface area (Å²) < 4.78 is 36.5. The third kappa shape index (κ3) is 3.19. The van der Waals surface area contributed by atoms with Gasteiger partial charge in [0.1, 0.15) is 11.3 Å². The van der Waals surface area contributed by atoms with E-state index in [1.165, 1.54) is 29.6 Å². The van der Waals surface area contributed by atoms with Gasteiger partial charge in [-0.25, -0.2) is 13.2 Å². The van der Waals surface area contributed by atoms with Gasteiger partial charge in [0.2, 0.25) is 10.0 Å². The maximum atomic E-state index is 12.5. The molecule has 1 saturated heterocycles. The van der Waals surface area contributed by atoms with Crippen LogP contribution in [-0.4, -0.2) is 45.5 Å². The normalized spacial score (nSPS) is 15.9. The largest absolute Gasteiger partial charge is 0.493 e. The average Bonchev–Trinajstić information content (AvgIpc) is 3.01. The van der Waals surface area contributed by atoms with E-state index in [1.807, 2.05) is 0 Å². The summed E-state index contributed by atoms with van der Waals surface area (Å²) in [6.07, 6.45) is 1.75. The van der Waals surface area contributed by atoms with E-state index < -0.39 is 16.0 Å². The van der Waals surface area contributed by atoms with Crippen molar-refractivity contribution in [1.82, 2.24) is 4.31 Å². The molecule has 1 fully saturated rings. The Bertz CT molecular complexity index is 620. The first kappa shape index (κ1) is 15.8. The Labute approximate surface area is 124 Å². The third-order valence-corrected chi connectivity index (χ3v) is 5.26. The Kier molecular flexibility index (Phi) is 4.84. The lowest BCUT2D eigenvalue weighted by Crippen LogP contribution is -2.28. The molecule has 1 aromatic rings. The molecule has 0 N–H and O–H groups in total. The van der Waals surface area contributed by atoms with Crippen molar-refractivity contribution >= 4 is 16.0 Å². The van der Waals surface area contributed by atoms with E-state index in [1.54, 1.807) is 6.92 Å². The molecule has 0 aliphatic carbocycles. The van der Waals surface area contributed by atoms with Crippen LogP contribution in [0.15, 0.2) is 23.1 Å². The number of nitrogens with zero attached hydrogens (tertiary/aromatic N) is 1. The van der Waals surface area contributed by atoms with Crippen LogP contribution in [0.25, 0.3) is 0 Å². The number of hydrogen-bond acceptors (Lipinski definition) is 5. The van der Waals surface area contributed by atoms with Gasteiger partial charge in [-0.2, -0.15) is 4.31 Å². The van der Waals surface area contributed by atoms with E-state index in [0.29, 0.717) is 19.7 Å². The third-order valence-electron chi connectivity index (χ3n) is 3.36. The van der Waals surface area contributed by atoms with Gasteiger partial charge in [0.05, 0.1) is 18.6 Å². The first-order chi connectivity index (χ1) is 10.0. The van der Waals surface area contributed by atoms with Gasteiger partial charge >= 0.3 is 5.97 Å². The van der Waals surface area contributed by atoms with Gasteiger partial charge in [-0.3, -0.25) is 0 Å². The highest BCUT2D eigenvalue weighted by Crippen LogP contribution is 2.27. The number of sulfonamides is 1. The molecule has 0 atom stereocenters. The fourth-order valence-corrected chi connectivity index (χ4v) is 3.83. The highest BCUT2D eigenvalue weighted by atomic mass is 32.2. The molecule has 1 heterocycles. The number of esters is 1. The monoisotopic (exact) mass is 313 g/mol. The highest BCUT2D eigenvalue weighted by molar-refractivity contribution is 7.89. The molecule has 1 aliphatic rings. The predicted octanol–water partition coefficient (Wildman–Crippen LogP) is 1.66. The minimum atomic E-state index is -3.53. The molecule has 7 heteroatoms. The minimum absolute atomic E-state index is 0.139. The van der Waals surface area contributed by atoms with Crippen molar-refractivity contribution in [2.45, 2.75) is 24.7 Å². The number of ether oxygens (including phenoxy) is 2. The zero-order valence-electron chi connectivity index (χ0n) is 12.2. The molecule has 2 rings (SSSR count). The highest BCUT2D eigenvalue weighted by Gasteiger charge is 2.28. The Hall–Kier alpha value is -1.60. The molecule has 21 heavy (non-hydrogen) atoms. The van der Waals surface area contributed by atoms with Crippen molar-refractivity contribution in [3.05, 3.63) is 23.8 Å². The minimum Gasteiger partial charge on any atom is -0.493 e. The van der Waals surface area contributed by atoms with Crippen LogP contribution in [0.2, 0.25) is 0 Å². The summed E-state index contributed by atoms with van der Waals surface area (Å²) in [6, 6.07) is 4.24. The number of methoxy groups -OCH3 is 1. The van der Waals surface area contributed by atoms with Crippen LogP contribution in [0.1, 0.15) is 30.1 Å². The zero-order valence-corrected chi connectivity index (χ0v) is 13.0. The molecule has 0 unspecified atom stereocenters. The van der Waals surface area contributed by atoms with Crippen molar-refractivity contribution < 1.29 is 22.7 Å². The lowest BCUT2D eigenvalue weighted by Gasteiger charge is -2.17. The number of carbonyl (C=O) groups excluding carboxylic acids is 1. The molecule has 116 valence electrons. The lowest BCUT2D eigenvalue weighted by molar-refractivity contribution is 0.0596. The second-order valence-corrected chi connectivity index (χ2v) is 6.63. The first-order valence-electron chi connectivity index (χ1n) is 6.86. The van der Waals surface area contributed by atoms with Crippen LogP contribution in [0.4, 0.5) is 0 Å². The van der Waals surface area contributed by atoms with Crippen LogP contribution in [0.5, 0.6) is 5.75 Å². The molecular formula is C14H19NO5S. The number of hydrogen-bond donors (Lipinski definition) is 0. The van der Waals surface area contributed by atoms with Gasteiger partial charge in [0.15, 0.2) is 0 Å². The molecule has 0 spiro atoms. The molecule has 0 radical (unpaired) electrons. The Balaban J connectivity index is 2.41. The van der Waals surface area contributed by atoms with Gasteiger partial charge in [-0.1, -0.05) is 0 Å². The number of benzene rings is 1. The van der Waals surface area contributed by atoms with Crippen LogP contribution in [0.3, 0.4) is 0 Å². The van der Waals surface area contributed by atoms with E-state index in [0.717, 1.165) is 12.8 Å². The summed E-state index contributed by atoms with van der Waals surface area (Å²) in [5.74, 6) is -0.326. The maximum Gasteiger partial charge on any atom is 0.341 e. The Morgan fingerprint density at radius 1 is 1.29 bits per heavy atom. The predicted molar refractivity (Wildman–Crippen MR) is 76.9 cm³/mol. The quantitative estimate of drug-likeness (QED) is 0.773. The van der Waals surface area contributed by atoms with Crippen molar-refractivity contribution in [3.63, 3.8) is 0 Å². The Morgan fingerprint density at radius 3 is 2.52 bits per heavy atom. The Morgan fingerprint density at radius 2 is 1.95 bits per heavy atom. The van der Waals surface area contributed by atoms with E-state index in [-0.39, 0.29) is 16.2 Å². The smallest absolute Gasteiger partial charge is 0.341 e. The van der Waals surface area contributed by atoms with Crippen molar-refractivity contribution in [2.24, 2.45) is 0 Å². The van der Waals surface area contributed by atoms with Gasteiger partial charge in [0, 0.05) is 19.2 Å². The fourth-order valence-electron chi connectivity index (χ4n) is 2.29. The molecule has 0 aromatic heterocycles. The van der Waals surface area contributed by atoms with Gasteiger partial charge in [-0.15, -0.1) is 0 Å². The van der Waals surface area contributed by atoms with Crippen molar-refractivity contribution in [1.29, 1.82) is 0 Å². The summed E-state index contributed by atoms with van der Waals surface area (Å²) in [5.41, 5.74) is 0.222. The van der Waals surface area contributed by atoms with Crippen LogP contribution < -0.4 is 4.74 Å². The van der Waals surface area contributed by atoms with Crippen LogP contribution >= 0.6 is 0 Å². The van der Waals surface area contributed by atoms with Gasteiger partial charge in [0.25, 0.3) is 0 Å². The van der Waals surface area contributed by atoms with Gasteiger partial charge in [-0.05, 0) is 31.9 Å².